The van der Waals surface area contributed by atoms with Gasteiger partial charge in [-0.1, -0.05) is 12.1 Å². The quantitative estimate of drug-likeness (QED) is 0.873. The smallest absolute Gasteiger partial charge is 0.265 e. The molecule has 2 unspecified atom stereocenters. The van der Waals surface area contributed by atoms with Crippen molar-refractivity contribution in [3.8, 4) is 11.5 Å². The number of hydrogen-bond acceptors (Lipinski definition) is 4. The van der Waals surface area contributed by atoms with E-state index in [2.05, 4.69) is 10.6 Å². The summed E-state index contributed by atoms with van der Waals surface area (Å²) in [5, 5.41) is 6.11. The van der Waals surface area contributed by atoms with Gasteiger partial charge in [0, 0.05) is 25.6 Å². The molecule has 2 heterocycles. The molecule has 6 heteroatoms. The van der Waals surface area contributed by atoms with Crippen molar-refractivity contribution in [1.82, 2.24) is 10.6 Å². The van der Waals surface area contributed by atoms with Crippen LogP contribution in [0, 0.1) is 5.92 Å². The summed E-state index contributed by atoms with van der Waals surface area (Å²) in [7, 11) is 0. The molecule has 1 aromatic carbocycles. The predicted molar refractivity (Wildman–Crippen MR) is 77.6 cm³/mol. The van der Waals surface area contributed by atoms with Crippen molar-refractivity contribution in [3.63, 3.8) is 0 Å². The van der Waals surface area contributed by atoms with E-state index in [0.717, 1.165) is 13.1 Å². The van der Waals surface area contributed by atoms with E-state index < -0.39 is 6.10 Å². The Balaban J connectivity index is 0.00000147. The Morgan fingerprint density at radius 1 is 1.30 bits per heavy atom. The number of benzene rings is 1. The van der Waals surface area contributed by atoms with Gasteiger partial charge in [0.25, 0.3) is 5.91 Å². The van der Waals surface area contributed by atoms with E-state index in [0.29, 0.717) is 24.0 Å². The van der Waals surface area contributed by atoms with Crippen molar-refractivity contribution in [2.24, 2.45) is 5.92 Å². The molecule has 1 aromatic rings. The third-order valence-electron chi connectivity index (χ3n) is 3.53. The van der Waals surface area contributed by atoms with Gasteiger partial charge in [-0.25, -0.2) is 0 Å². The van der Waals surface area contributed by atoms with E-state index in [9.17, 15) is 4.79 Å². The number of para-hydroxylation sites is 2. The minimum Gasteiger partial charge on any atom is -0.482 e. The molecule has 0 aromatic heterocycles. The van der Waals surface area contributed by atoms with E-state index >= 15 is 0 Å². The SMILES string of the molecule is CC1Oc2ccccc2OC1C(=O)NCC1CNC1.Cl. The highest BCUT2D eigenvalue weighted by Crippen LogP contribution is 2.33. The topological polar surface area (TPSA) is 59.6 Å². The van der Waals surface area contributed by atoms with Crippen molar-refractivity contribution in [2.75, 3.05) is 19.6 Å². The van der Waals surface area contributed by atoms with Gasteiger partial charge in [0.2, 0.25) is 6.10 Å². The lowest BCUT2D eigenvalue weighted by Crippen LogP contribution is -2.53. The lowest BCUT2D eigenvalue weighted by atomic mass is 10.0. The van der Waals surface area contributed by atoms with Crippen LogP contribution in [0.2, 0.25) is 0 Å². The van der Waals surface area contributed by atoms with Crippen LogP contribution in [0.3, 0.4) is 0 Å². The first-order chi connectivity index (χ1) is 9.24. The third-order valence-corrected chi connectivity index (χ3v) is 3.53. The lowest BCUT2D eigenvalue weighted by Gasteiger charge is -2.32. The van der Waals surface area contributed by atoms with Crippen LogP contribution in [-0.4, -0.2) is 37.7 Å². The maximum atomic E-state index is 12.1. The molecule has 5 nitrogen and oxygen atoms in total. The second kappa shape index (κ2) is 6.33. The highest BCUT2D eigenvalue weighted by Gasteiger charge is 2.34. The summed E-state index contributed by atoms with van der Waals surface area (Å²) in [5.41, 5.74) is 0. The molecule has 3 rings (SSSR count). The second-order valence-electron chi connectivity index (χ2n) is 5.08. The summed E-state index contributed by atoms with van der Waals surface area (Å²) in [4.78, 5) is 12.1. The standard InChI is InChI=1S/C14H18N2O3.ClH/c1-9-13(14(17)16-8-10-6-15-7-10)19-12-5-3-2-4-11(12)18-9;/h2-5,9-10,13,15H,6-8H2,1H3,(H,16,17);1H. The molecule has 2 aliphatic rings. The molecule has 20 heavy (non-hydrogen) atoms. The molecule has 0 bridgehead atoms. The molecule has 110 valence electrons. The van der Waals surface area contributed by atoms with Crippen LogP contribution in [0.4, 0.5) is 0 Å². The monoisotopic (exact) mass is 298 g/mol. The Morgan fingerprint density at radius 2 is 1.95 bits per heavy atom. The molecule has 1 saturated heterocycles. The fourth-order valence-corrected chi connectivity index (χ4v) is 2.24. The Bertz CT molecular complexity index is 479. The third kappa shape index (κ3) is 2.99. The molecule has 2 atom stereocenters. The maximum absolute atomic E-state index is 12.1. The minimum absolute atomic E-state index is 0. The Labute approximate surface area is 124 Å². The van der Waals surface area contributed by atoms with Gasteiger partial charge in [-0.15, -0.1) is 12.4 Å². The Kier molecular flexibility index (Phi) is 4.73. The van der Waals surface area contributed by atoms with Crippen LogP contribution in [0.15, 0.2) is 24.3 Å². The van der Waals surface area contributed by atoms with Crippen molar-refractivity contribution in [3.05, 3.63) is 24.3 Å². The van der Waals surface area contributed by atoms with E-state index in [4.69, 9.17) is 9.47 Å². The summed E-state index contributed by atoms with van der Waals surface area (Å²) in [6.45, 7) is 4.49. The van der Waals surface area contributed by atoms with E-state index in [1.54, 1.807) is 0 Å². The highest BCUT2D eigenvalue weighted by molar-refractivity contribution is 5.85. The van der Waals surface area contributed by atoms with E-state index in [1.807, 2.05) is 31.2 Å². The zero-order chi connectivity index (χ0) is 13.2. The minimum atomic E-state index is -0.581. The maximum Gasteiger partial charge on any atom is 0.265 e. The van der Waals surface area contributed by atoms with Crippen LogP contribution < -0.4 is 20.1 Å². The number of amides is 1. The van der Waals surface area contributed by atoms with Crippen molar-refractivity contribution in [2.45, 2.75) is 19.1 Å². The van der Waals surface area contributed by atoms with Crippen molar-refractivity contribution >= 4 is 18.3 Å². The second-order valence-corrected chi connectivity index (χ2v) is 5.08. The van der Waals surface area contributed by atoms with Gasteiger partial charge in [-0.2, -0.15) is 0 Å². The average Bonchev–Trinajstić information content (AvgIpc) is 2.36. The number of carbonyl (C=O) groups excluding carboxylic acids is 1. The summed E-state index contributed by atoms with van der Waals surface area (Å²) in [5.74, 6) is 1.76. The first kappa shape index (κ1) is 14.9. The number of nitrogens with one attached hydrogen (secondary N) is 2. The number of ether oxygens (including phenoxy) is 2. The van der Waals surface area contributed by atoms with Crippen LogP contribution in [0.25, 0.3) is 0 Å². The van der Waals surface area contributed by atoms with Gasteiger partial charge in [0.1, 0.15) is 6.10 Å². The molecule has 0 saturated carbocycles. The fraction of sp³-hybridized carbons (Fsp3) is 0.500. The molecular weight excluding hydrogens is 280 g/mol. The van der Waals surface area contributed by atoms with E-state index in [1.165, 1.54) is 0 Å². The molecule has 0 radical (unpaired) electrons. The van der Waals surface area contributed by atoms with Crippen LogP contribution in [0.5, 0.6) is 11.5 Å². The number of carbonyl (C=O) groups is 1. The number of rotatable bonds is 3. The van der Waals surface area contributed by atoms with Gasteiger partial charge in [-0.3, -0.25) is 4.79 Å². The fourth-order valence-electron chi connectivity index (χ4n) is 2.24. The van der Waals surface area contributed by atoms with E-state index in [-0.39, 0.29) is 24.4 Å². The largest absolute Gasteiger partial charge is 0.482 e. The Hall–Kier alpha value is -1.46. The van der Waals surface area contributed by atoms with Crippen LogP contribution in [0.1, 0.15) is 6.92 Å². The Morgan fingerprint density at radius 3 is 2.55 bits per heavy atom. The van der Waals surface area contributed by atoms with Gasteiger partial charge in [0.15, 0.2) is 11.5 Å². The molecule has 2 N–H and O–H groups in total. The van der Waals surface area contributed by atoms with Gasteiger partial charge < -0.3 is 20.1 Å². The molecule has 0 aliphatic carbocycles. The number of hydrogen-bond donors (Lipinski definition) is 2. The summed E-state index contributed by atoms with van der Waals surface area (Å²) >= 11 is 0. The number of halogens is 1. The first-order valence-electron chi connectivity index (χ1n) is 6.65. The zero-order valence-corrected chi connectivity index (χ0v) is 12.1. The summed E-state index contributed by atoms with van der Waals surface area (Å²) in [6.07, 6.45) is -0.864. The summed E-state index contributed by atoms with van der Waals surface area (Å²) in [6, 6.07) is 7.42. The zero-order valence-electron chi connectivity index (χ0n) is 11.3. The van der Waals surface area contributed by atoms with Gasteiger partial charge >= 0.3 is 0 Å². The molecule has 1 amide bonds. The van der Waals surface area contributed by atoms with Crippen LogP contribution >= 0.6 is 12.4 Å². The van der Waals surface area contributed by atoms with Gasteiger partial charge in [-0.05, 0) is 19.1 Å². The normalized spacial score (nSPS) is 24.2. The molecule has 0 spiro atoms. The average molecular weight is 299 g/mol. The van der Waals surface area contributed by atoms with Crippen molar-refractivity contribution < 1.29 is 14.3 Å². The van der Waals surface area contributed by atoms with Crippen LogP contribution in [-0.2, 0) is 4.79 Å². The molecule has 1 fully saturated rings. The highest BCUT2D eigenvalue weighted by atomic mass is 35.5. The molecular formula is C14H19ClN2O3. The summed E-state index contributed by atoms with van der Waals surface area (Å²) < 4.78 is 11.5. The predicted octanol–water partition coefficient (Wildman–Crippen LogP) is 0.972. The molecule has 2 aliphatic heterocycles. The van der Waals surface area contributed by atoms with Crippen molar-refractivity contribution in [1.29, 1.82) is 0 Å². The van der Waals surface area contributed by atoms with Gasteiger partial charge in [0.05, 0.1) is 0 Å². The lowest BCUT2D eigenvalue weighted by molar-refractivity contribution is -0.133. The first-order valence-corrected chi connectivity index (χ1v) is 6.65. The number of fused-ring (bicyclic) bond motifs is 1.